The molecule has 0 saturated heterocycles. The highest BCUT2D eigenvalue weighted by Crippen LogP contribution is 1.97. The number of aliphatic hydroxyl groups is 1. The van der Waals surface area contributed by atoms with Crippen LogP contribution in [0.5, 0.6) is 0 Å². The van der Waals surface area contributed by atoms with Gasteiger partial charge in [-0.05, 0) is 20.0 Å². The zero-order valence-corrected chi connectivity index (χ0v) is 9.05. The van der Waals surface area contributed by atoms with E-state index >= 15 is 0 Å². The van der Waals surface area contributed by atoms with E-state index in [9.17, 15) is 0 Å². The van der Waals surface area contributed by atoms with Crippen molar-refractivity contribution in [1.29, 1.82) is 0 Å². The van der Waals surface area contributed by atoms with Crippen molar-refractivity contribution in [1.82, 2.24) is 10.2 Å². The second kappa shape index (κ2) is 9.96. The lowest BCUT2D eigenvalue weighted by Gasteiger charge is -2.20. The molecule has 0 aliphatic heterocycles. The summed E-state index contributed by atoms with van der Waals surface area (Å²) in [4.78, 5) is 2.31. The van der Waals surface area contributed by atoms with Gasteiger partial charge in [0, 0.05) is 19.6 Å². The minimum atomic E-state index is 0.274. The minimum absolute atomic E-state index is 0.274. The number of likely N-dealkylation sites (N-methyl/N-ethyl adjacent to an activating group) is 1. The van der Waals surface area contributed by atoms with E-state index in [1.54, 1.807) is 0 Å². The van der Waals surface area contributed by atoms with Gasteiger partial charge in [0.25, 0.3) is 0 Å². The first-order valence-electron chi connectivity index (χ1n) is 5.33. The molecule has 0 aliphatic carbocycles. The molecule has 0 spiro atoms. The molecule has 0 heterocycles. The van der Waals surface area contributed by atoms with Crippen molar-refractivity contribution >= 4 is 0 Å². The van der Waals surface area contributed by atoms with Gasteiger partial charge in [-0.25, -0.2) is 0 Å². The Morgan fingerprint density at radius 1 is 1.15 bits per heavy atom. The van der Waals surface area contributed by atoms with Gasteiger partial charge < -0.3 is 10.4 Å². The number of aliphatic hydroxyl groups excluding tert-OH is 1. The van der Waals surface area contributed by atoms with E-state index in [2.05, 4.69) is 17.1 Å². The van der Waals surface area contributed by atoms with Gasteiger partial charge >= 0.3 is 0 Å². The number of nitrogens with zero attached hydrogens (tertiary/aromatic N) is 1. The average molecular weight is 188 g/mol. The predicted octanol–water partition coefficient (Wildman–Crippen LogP) is 0.690. The smallest absolute Gasteiger partial charge is 0.0558 e. The highest BCUT2D eigenvalue weighted by Gasteiger charge is 2.01. The van der Waals surface area contributed by atoms with Crippen molar-refractivity contribution in [2.45, 2.75) is 26.2 Å². The molecular weight excluding hydrogens is 164 g/mol. The summed E-state index contributed by atoms with van der Waals surface area (Å²) in [5, 5.41) is 12.0. The zero-order chi connectivity index (χ0) is 9.94. The highest BCUT2D eigenvalue weighted by molar-refractivity contribution is 4.58. The van der Waals surface area contributed by atoms with Crippen molar-refractivity contribution in [3.05, 3.63) is 0 Å². The minimum Gasteiger partial charge on any atom is -0.395 e. The van der Waals surface area contributed by atoms with Gasteiger partial charge in [-0.3, -0.25) is 4.90 Å². The van der Waals surface area contributed by atoms with Gasteiger partial charge in [-0.1, -0.05) is 19.8 Å². The summed E-state index contributed by atoms with van der Waals surface area (Å²) in [5.74, 6) is 0. The van der Waals surface area contributed by atoms with E-state index in [1.807, 2.05) is 7.05 Å². The van der Waals surface area contributed by atoms with Crippen LogP contribution in [0.1, 0.15) is 26.2 Å². The lowest BCUT2D eigenvalue weighted by atomic mass is 10.2. The second-order valence-electron chi connectivity index (χ2n) is 3.38. The maximum atomic E-state index is 8.83. The van der Waals surface area contributed by atoms with Gasteiger partial charge in [-0.2, -0.15) is 0 Å². The summed E-state index contributed by atoms with van der Waals surface area (Å²) in [7, 11) is 1.96. The summed E-state index contributed by atoms with van der Waals surface area (Å²) in [6.45, 7) is 6.47. The van der Waals surface area contributed by atoms with E-state index in [4.69, 9.17) is 5.11 Å². The largest absolute Gasteiger partial charge is 0.395 e. The zero-order valence-electron chi connectivity index (χ0n) is 9.05. The quantitative estimate of drug-likeness (QED) is 0.523. The van der Waals surface area contributed by atoms with Crippen LogP contribution < -0.4 is 5.32 Å². The van der Waals surface area contributed by atoms with E-state index in [1.165, 1.54) is 19.3 Å². The summed E-state index contributed by atoms with van der Waals surface area (Å²) >= 11 is 0. The van der Waals surface area contributed by atoms with Crippen molar-refractivity contribution < 1.29 is 5.11 Å². The molecule has 0 rings (SSSR count). The normalized spacial score (nSPS) is 11.1. The fourth-order valence-corrected chi connectivity index (χ4v) is 1.33. The summed E-state index contributed by atoms with van der Waals surface area (Å²) < 4.78 is 0. The summed E-state index contributed by atoms with van der Waals surface area (Å²) in [6.07, 6.45) is 3.81. The molecule has 0 amide bonds. The molecule has 0 fully saturated rings. The van der Waals surface area contributed by atoms with E-state index in [0.717, 1.165) is 26.2 Å². The molecule has 0 saturated carbocycles. The van der Waals surface area contributed by atoms with Crippen molar-refractivity contribution in [3.8, 4) is 0 Å². The van der Waals surface area contributed by atoms with Crippen molar-refractivity contribution in [2.75, 3.05) is 39.8 Å². The van der Waals surface area contributed by atoms with Crippen molar-refractivity contribution in [3.63, 3.8) is 0 Å². The molecule has 0 unspecified atom stereocenters. The standard InChI is InChI=1S/C10H24N2O/c1-3-4-5-7-12(9-10-13)8-6-11-2/h11,13H,3-10H2,1-2H3. The SMILES string of the molecule is CCCCCN(CCO)CCNC. The average Bonchev–Trinajstić information content (AvgIpc) is 2.14. The van der Waals surface area contributed by atoms with Crippen molar-refractivity contribution in [2.24, 2.45) is 0 Å². The molecule has 0 atom stereocenters. The predicted molar refractivity (Wildman–Crippen MR) is 57.0 cm³/mol. The summed E-state index contributed by atoms with van der Waals surface area (Å²) in [6, 6.07) is 0. The van der Waals surface area contributed by atoms with Gasteiger partial charge in [0.05, 0.1) is 6.61 Å². The van der Waals surface area contributed by atoms with Crippen LogP contribution in [0.4, 0.5) is 0 Å². The lowest BCUT2D eigenvalue weighted by Crippen LogP contribution is -2.33. The first kappa shape index (κ1) is 12.9. The Bertz CT molecular complexity index is 98.9. The Morgan fingerprint density at radius 2 is 1.92 bits per heavy atom. The Labute approximate surface area is 82.1 Å². The van der Waals surface area contributed by atoms with Crippen LogP contribution in [-0.4, -0.2) is 49.8 Å². The Balaban J connectivity index is 3.41. The van der Waals surface area contributed by atoms with Crippen LogP contribution in [0, 0.1) is 0 Å². The monoisotopic (exact) mass is 188 g/mol. The second-order valence-corrected chi connectivity index (χ2v) is 3.38. The molecule has 80 valence electrons. The molecule has 0 aromatic heterocycles. The number of nitrogens with one attached hydrogen (secondary N) is 1. The molecule has 0 aromatic carbocycles. The van der Waals surface area contributed by atoms with Gasteiger partial charge in [0.15, 0.2) is 0 Å². The van der Waals surface area contributed by atoms with Crippen LogP contribution in [0.2, 0.25) is 0 Å². The maximum absolute atomic E-state index is 8.83. The molecule has 2 N–H and O–H groups in total. The molecular formula is C10H24N2O. The van der Waals surface area contributed by atoms with Gasteiger partial charge in [0.1, 0.15) is 0 Å². The van der Waals surface area contributed by atoms with Gasteiger partial charge in [0.2, 0.25) is 0 Å². The Morgan fingerprint density at radius 3 is 2.46 bits per heavy atom. The molecule has 0 radical (unpaired) electrons. The highest BCUT2D eigenvalue weighted by atomic mass is 16.3. The molecule has 3 nitrogen and oxygen atoms in total. The van der Waals surface area contributed by atoms with Crippen LogP contribution >= 0.6 is 0 Å². The third-order valence-electron chi connectivity index (χ3n) is 2.17. The number of unbranched alkanes of at least 4 members (excludes halogenated alkanes) is 2. The Hall–Kier alpha value is -0.120. The summed E-state index contributed by atoms with van der Waals surface area (Å²) in [5.41, 5.74) is 0. The Kier molecular flexibility index (Phi) is 9.87. The van der Waals surface area contributed by atoms with E-state index in [-0.39, 0.29) is 6.61 Å². The molecule has 3 heteroatoms. The number of rotatable bonds is 9. The fourth-order valence-electron chi connectivity index (χ4n) is 1.33. The fraction of sp³-hybridized carbons (Fsp3) is 1.00. The third kappa shape index (κ3) is 8.22. The number of hydrogen-bond donors (Lipinski definition) is 2. The third-order valence-corrected chi connectivity index (χ3v) is 2.17. The first-order chi connectivity index (χ1) is 6.35. The molecule has 0 bridgehead atoms. The van der Waals surface area contributed by atoms with Crippen LogP contribution in [0.25, 0.3) is 0 Å². The molecule has 0 aromatic rings. The van der Waals surface area contributed by atoms with E-state index in [0.29, 0.717) is 0 Å². The van der Waals surface area contributed by atoms with E-state index < -0.39 is 0 Å². The van der Waals surface area contributed by atoms with Crippen LogP contribution in [0.3, 0.4) is 0 Å². The maximum Gasteiger partial charge on any atom is 0.0558 e. The lowest BCUT2D eigenvalue weighted by molar-refractivity contribution is 0.194. The van der Waals surface area contributed by atoms with Gasteiger partial charge in [-0.15, -0.1) is 0 Å². The molecule has 0 aliphatic rings. The van der Waals surface area contributed by atoms with Crippen LogP contribution in [-0.2, 0) is 0 Å². The topological polar surface area (TPSA) is 35.5 Å². The van der Waals surface area contributed by atoms with Crippen LogP contribution in [0.15, 0.2) is 0 Å². The first-order valence-corrected chi connectivity index (χ1v) is 5.33. The number of hydrogen-bond acceptors (Lipinski definition) is 3. The molecule has 13 heavy (non-hydrogen) atoms.